The molecule has 0 saturated heterocycles. The van der Waals surface area contributed by atoms with Crippen molar-refractivity contribution in [3.8, 4) is 0 Å². The number of hydrogen-bond acceptors (Lipinski definition) is 4. The van der Waals surface area contributed by atoms with Gasteiger partial charge in [0.25, 0.3) is 0 Å². The number of carbonyl (C=O) groups is 1. The van der Waals surface area contributed by atoms with E-state index in [1.165, 1.54) is 0 Å². The largest absolute Gasteiger partial charge is 0.369 e. The Morgan fingerprint density at radius 1 is 1.61 bits per heavy atom. The number of fused-ring (bicyclic) bond motifs is 1. The van der Waals surface area contributed by atoms with Crippen LogP contribution in [0.15, 0.2) is 23.4 Å². The number of nitrogens with one attached hydrogen (secondary N) is 1. The molecule has 94 valence electrons. The molecule has 1 heterocycles. The first kappa shape index (κ1) is 12.4. The van der Waals surface area contributed by atoms with E-state index in [2.05, 4.69) is 4.98 Å². The molecule has 1 amide bonds. The molecule has 0 bridgehead atoms. The van der Waals surface area contributed by atoms with Gasteiger partial charge in [-0.1, -0.05) is 11.8 Å². The SMILES string of the molecule is CSc1nc2ccc(N(C=O)C(=N)N)cc2n1C. The molecule has 1 aromatic heterocycles. The average Bonchev–Trinajstić information content (AvgIpc) is 2.67. The summed E-state index contributed by atoms with van der Waals surface area (Å²) in [6, 6.07) is 5.32. The summed E-state index contributed by atoms with van der Waals surface area (Å²) in [4.78, 5) is 16.4. The highest BCUT2D eigenvalue weighted by Gasteiger charge is 2.12. The number of imidazole rings is 1. The summed E-state index contributed by atoms with van der Waals surface area (Å²) >= 11 is 1.55. The van der Waals surface area contributed by atoms with Crippen LogP contribution in [0.1, 0.15) is 0 Å². The van der Waals surface area contributed by atoms with E-state index in [0.717, 1.165) is 21.1 Å². The fourth-order valence-electron chi connectivity index (χ4n) is 1.75. The maximum Gasteiger partial charge on any atom is 0.221 e. The molecule has 0 atom stereocenters. The van der Waals surface area contributed by atoms with E-state index in [9.17, 15) is 4.79 Å². The Balaban J connectivity index is 2.59. The van der Waals surface area contributed by atoms with Crippen molar-refractivity contribution in [2.75, 3.05) is 11.2 Å². The molecule has 18 heavy (non-hydrogen) atoms. The van der Waals surface area contributed by atoms with E-state index in [0.29, 0.717) is 12.1 Å². The Morgan fingerprint density at radius 3 is 2.89 bits per heavy atom. The number of benzene rings is 1. The maximum absolute atomic E-state index is 10.9. The van der Waals surface area contributed by atoms with Gasteiger partial charge in [-0.15, -0.1) is 0 Å². The van der Waals surface area contributed by atoms with Crippen molar-refractivity contribution in [1.82, 2.24) is 9.55 Å². The standard InChI is InChI=1S/C11H13N5OS/c1-15-9-5-7(16(6-17)10(12)13)3-4-8(9)14-11(15)18-2/h3-6H,1-2H3,(H3,12,13). The molecule has 0 spiro atoms. The number of nitrogens with two attached hydrogens (primary N) is 1. The minimum absolute atomic E-state index is 0.309. The average molecular weight is 263 g/mol. The van der Waals surface area contributed by atoms with Gasteiger partial charge in [0.2, 0.25) is 6.41 Å². The minimum atomic E-state index is -0.309. The summed E-state index contributed by atoms with van der Waals surface area (Å²) < 4.78 is 1.94. The van der Waals surface area contributed by atoms with Crippen LogP contribution in [0, 0.1) is 5.41 Å². The smallest absolute Gasteiger partial charge is 0.221 e. The van der Waals surface area contributed by atoms with Crippen molar-refractivity contribution >= 4 is 40.9 Å². The summed E-state index contributed by atoms with van der Waals surface area (Å²) in [5.41, 5.74) is 7.64. The lowest BCUT2D eigenvalue weighted by atomic mass is 10.2. The highest BCUT2D eigenvalue weighted by atomic mass is 32.2. The van der Waals surface area contributed by atoms with Gasteiger partial charge < -0.3 is 10.3 Å². The van der Waals surface area contributed by atoms with Crippen LogP contribution in [-0.4, -0.2) is 28.2 Å². The van der Waals surface area contributed by atoms with Crippen LogP contribution >= 0.6 is 11.8 Å². The highest BCUT2D eigenvalue weighted by molar-refractivity contribution is 7.98. The minimum Gasteiger partial charge on any atom is -0.369 e. The third kappa shape index (κ3) is 1.92. The maximum atomic E-state index is 10.9. The van der Waals surface area contributed by atoms with Gasteiger partial charge in [0.1, 0.15) is 0 Å². The second-order valence-electron chi connectivity index (χ2n) is 3.69. The molecule has 0 aliphatic rings. The topological polar surface area (TPSA) is 88.0 Å². The zero-order valence-electron chi connectivity index (χ0n) is 10.0. The summed E-state index contributed by atoms with van der Waals surface area (Å²) in [5, 5.41) is 8.23. The Kier molecular flexibility index (Phi) is 3.24. The van der Waals surface area contributed by atoms with Gasteiger partial charge in [-0.05, 0) is 24.5 Å². The molecule has 3 N–H and O–H groups in total. The third-order valence-corrected chi connectivity index (χ3v) is 3.38. The van der Waals surface area contributed by atoms with Crippen LogP contribution in [0.4, 0.5) is 5.69 Å². The molecule has 2 rings (SSSR count). The molecule has 0 fully saturated rings. The number of nitrogens with zero attached hydrogens (tertiary/aromatic N) is 3. The van der Waals surface area contributed by atoms with Gasteiger partial charge in [-0.25, -0.2) is 4.98 Å². The van der Waals surface area contributed by atoms with Crippen LogP contribution in [0.5, 0.6) is 0 Å². The van der Waals surface area contributed by atoms with Gasteiger partial charge in [0, 0.05) is 7.05 Å². The van der Waals surface area contributed by atoms with Crippen molar-refractivity contribution < 1.29 is 4.79 Å². The van der Waals surface area contributed by atoms with Gasteiger partial charge in [0.05, 0.1) is 16.7 Å². The number of guanidine groups is 1. The van der Waals surface area contributed by atoms with Crippen molar-refractivity contribution in [3.63, 3.8) is 0 Å². The van der Waals surface area contributed by atoms with Crippen LogP contribution in [-0.2, 0) is 11.8 Å². The first-order chi connectivity index (χ1) is 8.58. The van der Waals surface area contributed by atoms with Crippen LogP contribution in [0.2, 0.25) is 0 Å². The Morgan fingerprint density at radius 2 is 2.33 bits per heavy atom. The molecule has 0 saturated carbocycles. The van der Waals surface area contributed by atoms with E-state index in [-0.39, 0.29) is 5.96 Å². The fraction of sp³-hybridized carbons (Fsp3) is 0.182. The highest BCUT2D eigenvalue weighted by Crippen LogP contribution is 2.25. The van der Waals surface area contributed by atoms with Crippen molar-refractivity contribution in [1.29, 1.82) is 5.41 Å². The molecular weight excluding hydrogens is 250 g/mol. The second kappa shape index (κ2) is 4.69. The quantitative estimate of drug-likeness (QED) is 0.376. The molecule has 0 radical (unpaired) electrons. The molecule has 0 unspecified atom stereocenters. The Hall–Kier alpha value is -2.02. The number of amides is 1. The van der Waals surface area contributed by atoms with E-state index in [1.54, 1.807) is 23.9 Å². The number of thioether (sulfide) groups is 1. The number of rotatable bonds is 3. The van der Waals surface area contributed by atoms with E-state index in [1.807, 2.05) is 23.9 Å². The predicted octanol–water partition coefficient (Wildman–Crippen LogP) is 1.15. The summed E-state index contributed by atoms with van der Waals surface area (Å²) in [7, 11) is 1.91. The van der Waals surface area contributed by atoms with Crippen LogP contribution < -0.4 is 10.6 Å². The van der Waals surface area contributed by atoms with E-state index in [4.69, 9.17) is 11.1 Å². The lowest BCUT2D eigenvalue weighted by Gasteiger charge is -2.14. The Labute approximate surface area is 108 Å². The monoisotopic (exact) mass is 263 g/mol. The van der Waals surface area contributed by atoms with Crippen molar-refractivity contribution in [2.24, 2.45) is 12.8 Å². The lowest BCUT2D eigenvalue weighted by Crippen LogP contribution is -2.35. The van der Waals surface area contributed by atoms with Crippen LogP contribution in [0.25, 0.3) is 11.0 Å². The zero-order valence-corrected chi connectivity index (χ0v) is 10.9. The molecular formula is C11H13N5OS. The van der Waals surface area contributed by atoms with Gasteiger partial charge >= 0.3 is 0 Å². The molecule has 1 aromatic carbocycles. The molecule has 7 heteroatoms. The molecule has 0 aliphatic carbocycles. The first-order valence-corrected chi connectivity index (χ1v) is 6.40. The van der Waals surface area contributed by atoms with Gasteiger partial charge in [-0.3, -0.25) is 15.1 Å². The second-order valence-corrected chi connectivity index (χ2v) is 4.46. The molecule has 0 aliphatic heterocycles. The summed E-state index contributed by atoms with van der Waals surface area (Å²) in [6.07, 6.45) is 2.48. The number of anilines is 1. The van der Waals surface area contributed by atoms with Gasteiger partial charge in [0.15, 0.2) is 11.1 Å². The first-order valence-electron chi connectivity index (χ1n) is 5.17. The molecule has 2 aromatic rings. The number of carbonyl (C=O) groups excluding carboxylic acids is 1. The van der Waals surface area contributed by atoms with E-state index >= 15 is 0 Å². The number of aryl methyl sites for hydroxylation is 1. The van der Waals surface area contributed by atoms with Gasteiger partial charge in [-0.2, -0.15) is 0 Å². The van der Waals surface area contributed by atoms with Crippen LogP contribution in [0.3, 0.4) is 0 Å². The third-order valence-electron chi connectivity index (χ3n) is 2.65. The predicted molar refractivity (Wildman–Crippen MR) is 73.0 cm³/mol. The Bertz CT molecular complexity index is 621. The normalized spacial score (nSPS) is 10.6. The molecule has 6 nitrogen and oxygen atoms in total. The van der Waals surface area contributed by atoms with E-state index < -0.39 is 0 Å². The van der Waals surface area contributed by atoms with Crippen molar-refractivity contribution in [2.45, 2.75) is 5.16 Å². The lowest BCUT2D eigenvalue weighted by molar-refractivity contribution is -0.106. The summed E-state index contributed by atoms with van der Waals surface area (Å²) in [6.45, 7) is 0. The van der Waals surface area contributed by atoms with Crippen molar-refractivity contribution in [3.05, 3.63) is 18.2 Å². The summed E-state index contributed by atoms with van der Waals surface area (Å²) in [5.74, 6) is -0.309. The zero-order chi connectivity index (χ0) is 13.3. The fourth-order valence-corrected chi connectivity index (χ4v) is 2.31. The number of hydrogen-bond donors (Lipinski definition) is 2. The number of aromatic nitrogens is 2.